The van der Waals surface area contributed by atoms with E-state index in [1.165, 1.54) is 0 Å². The van der Waals surface area contributed by atoms with E-state index in [9.17, 15) is 4.79 Å². The molecule has 0 N–H and O–H groups in total. The van der Waals surface area contributed by atoms with Crippen LogP contribution in [0.25, 0.3) is 11.0 Å². The summed E-state index contributed by atoms with van der Waals surface area (Å²) in [4.78, 5) is 16.4. The van der Waals surface area contributed by atoms with Crippen LogP contribution in [0, 0.1) is 27.7 Å². The average molecular weight is 248 g/mol. The van der Waals surface area contributed by atoms with Crippen LogP contribution in [-0.4, -0.2) is 15.1 Å². The molecule has 17 heavy (non-hydrogen) atoms. The fraction of sp³-hybridized carbons (Fsp3) is 0.385. The van der Waals surface area contributed by atoms with Gasteiger partial charge in [0.05, 0.1) is 0 Å². The number of hydrogen-bond donors (Lipinski definition) is 0. The number of ketones is 1. The van der Waals surface area contributed by atoms with Gasteiger partial charge in [-0.1, -0.05) is 0 Å². The molecule has 0 aliphatic rings. The molecule has 1 atom stereocenters. The Hall–Kier alpha value is -1.21. The largest absolute Gasteiger partial charge is 0.314 e. The smallest absolute Gasteiger partial charge is 0.162 e. The van der Waals surface area contributed by atoms with E-state index >= 15 is 0 Å². The Labute approximate surface area is 103 Å². The molecule has 1 unspecified atom stereocenters. The number of fused-ring (bicyclic) bond motifs is 1. The Bertz CT molecular complexity index is 641. The third-order valence-corrected chi connectivity index (χ3v) is 4.16. The second-order valence-electron chi connectivity index (χ2n) is 4.53. The van der Waals surface area contributed by atoms with E-state index in [0.29, 0.717) is 0 Å². The van der Waals surface area contributed by atoms with Crippen LogP contribution in [0.4, 0.5) is 0 Å². The Morgan fingerprint density at radius 1 is 1.18 bits per heavy atom. The van der Waals surface area contributed by atoms with E-state index in [0.717, 1.165) is 39.1 Å². The second-order valence-corrected chi connectivity index (χ2v) is 5.05. The molecule has 0 amide bonds. The van der Waals surface area contributed by atoms with Crippen LogP contribution in [0.15, 0.2) is 0 Å². The molecule has 0 aliphatic carbocycles. The number of pyridine rings is 1. The van der Waals surface area contributed by atoms with Gasteiger partial charge < -0.3 is 4.34 Å². The molecule has 0 fully saturated rings. The number of aryl methyl sites for hydroxylation is 2. The highest BCUT2D eigenvalue weighted by Gasteiger charge is 2.20. The third kappa shape index (κ3) is 1.61. The molecule has 0 bridgehead atoms. The molecule has 0 spiro atoms. The van der Waals surface area contributed by atoms with Gasteiger partial charge in [0.15, 0.2) is 5.78 Å². The first kappa shape index (κ1) is 12.3. The van der Waals surface area contributed by atoms with Crippen LogP contribution in [0.1, 0.15) is 39.8 Å². The lowest BCUT2D eigenvalue weighted by atomic mass is 10.0. The zero-order chi connectivity index (χ0) is 12.9. The minimum Gasteiger partial charge on any atom is -0.314 e. The second kappa shape index (κ2) is 3.92. The zero-order valence-corrected chi connectivity index (χ0v) is 12.0. The summed E-state index contributed by atoms with van der Waals surface area (Å²) in [6.45, 7) is 9.68. The lowest BCUT2D eigenvalue weighted by Gasteiger charge is -2.07. The highest BCUT2D eigenvalue weighted by Crippen LogP contribution is 2.31. The van der Waals surface area contributed by atoms with Crippen LogP contribution >= 0.6 is 9.39 Å². The number of aromatic nitrogens is 2. The van der Waals surface area contributed by atoms with Crippen molar-refractivity contribution >= 4 is 26.2 Å². The summed E-state index contributed by atoms with van der Waals surface area (Å²) in [6.07, 6.45) is 0. The summed E-state index contributed by atoms with van der Waals surface area (Å²) >= 11 is 0. The first-order valence-electron chi connectivity index (χ1n) is 5.61. The van der Waals surface area contributed by atoms with E-state index in [1.54, 1.807) is 6.92 Å². The Balaban J connectivity index is 3.07. The number of Topliss-reactive ketones (excluding diaryl/α,β-unsaturated/α-hetero) is 1. The molecule has 90 valence electrons. The van der Waals surface area contributed by atoms with Crippen molar-refractivity contribution in [3.05, 3.63) is 28.1 Å². The summed E-state index contributed by atoms with van der Waals surface area (Å²) < 4.78 is 1.92. The van der Waals surface area contributed by atoms with Gasteiger partial charge in [0.1, 0.15) is 5.65 Å². The van der Waals surface area contributed by atoms with Crippen LogP contribution < -0.4 is 0 Å². The molecule has 0 saturated carbocycles. The monoisotopic (exact) mass is 248 g/mol. The van der Waals surface area contributed by atoms with E-state index in [4.69, 9.17) is 0 Å². The first-order valence-corrected chi connectivity index (χ1v) is 6.12. The molecule has 2 aromatic heterocycles. The predicted octanol–water partition coefficient (Wildman–Crippen LogP) is 3.11. The number of carbonyl (C=O) groups excluding carboxylic acids is 1. The van der Waals surface area contributed by atoms with Crippen LogP contribution in [0.2, 0.25) is 0 Å². The van der Waals surface area contributed by atoms with Gasteiger partial charge in [-0.3, -0.25) is 4.79 Å². The lowest BCUT2D eigenvalue weighted by molar-refractivity contribution is 0.101. The molecular formula is C13H17N2OP. The minimum atomic E-state index is 0.0989. The lowest BCUT2D eigenvalue weighted by Crippen LogP contribution is -1.97. The Morgan fingerprint density at radius 2 is 1.76 bits per heavy atom. The number of nitrogens with zero attached hydrogens (tertiary/aromatic N) is 2. The Morgan fingerprint density at radius 3 is 2.29 bits per heavy atom. The van der Waals surface area contributed by atoms with Crippen molar-refractivity contribution in [3.63, 3.8) is 0 Å². The molecule has 0 aliphatic heterocycles. The number of hydrogen-bond acceptors (Lipinski definition) is 2. The van der Waals surface area contributed by atoms with Gasteiger partial charge in [-0.05, 0) is 55.1 Å². The SMILES string of the molecule is CC(=O)c1c(C)n(P)c2nc(C)c(C)c(C)c12. The van der Waals surface area contributed by atoms with E-state index < -0.39 is 0 Å². The topological polar surface area (TPSA) is 34.9 Å². The van der Waals surface area contributed by atoms with Gasteiger partial charge in [-0.25, -0.2) is 4.98 Å². The highest BCUT2D eigenvalue weighted by molar-refractivity contribution is 7.15. The predicted molar refractivity (Wildman–Crippen MR) is 73.8 cm³/mol. The number of carbonyl (C=O) groups is 1. The van der Waals surface area contributed by atoms with Gasteiger partial charge in [0, 0.05) is 22.3 Å². The molecule has 2 rings (SSSR count). The van der Waals surface area contributed by atoms with E-state index in [2.05, 4.69) is 28.2 Å². The summed E-state index contributed by atoms with van der Waals surface area (Å²) in [5.74, 6) is 0.0989. The minimum absolute atomic E-state index is 0.0989. The van der Waals surface area contributed by atoms with Crippen molar-refractivity contribution in [1.29, 1.82) is 0 Å². The quantitative estimate of drug-likeness (QED) is 0.574. The number of rotatable bonds is 1. The van der Waals surface area contributed by atoms with Crippen molar-refractivity contribution < 1.29 is 4.79 Å². The van der Waals surface area contributed by atoms with Gasteiger partial charge >= 0.3 is 0 Å². The average Bonchev–Trinajstić information content (AvgIpc) is 2.50. The maximum atomic E-state index is 11.8. The molecule has 3 nitrogen and oxygen atoms in total. The third-order valence-electron chi connectivity index (χ3n) is 3.53. The molecular weight excluding hydrogens is 231 g/mol. The van der Waals surface area contributed by atoms with Crippen molar-refractivity contribution in [1.82, 2.24) is 9.32 Å². The zero-order valence-electron chi connectivity index (χ0n) is 10.9. The van der Waals surface area contributed by atoms with Gasteiger partial charge in [0.25, 0.3) is 0 Å². The van der Waals surface area contributed by atoms with Crippen LogP contribution in [-0.2, 0) is 0 Å². The highest BCUT2D eigenvalue weighted by atomic mass is 31.0. The fourth-order valence-corrected chi connectivity index (χ4v) is 2.61. The summed E-state index contributed by atoms with van der Waals surface area (Å²) in [5, 5.41) is 0.994. The van der Waals surface area contributed by atoms with Crippen LogP contribution in [0.5, 0.6) is 0 Å². The van der Waals surface area contributed by atoms with Crippen molar-refractivity contribution in [2.24, 2.45) is 0 Å². The molecule has 0 saturated heterocycles. The van der Waals surface area contributed by atoms with Crippen LogP contribution in [0.3, 0.4) is 0 Å². The molecule has 0 radical (unpaired) electrons. The van der Waals surface area contributed by atoms with Crippen molar-refractivity contribution in [2.45, 2.75) is 34.6 Å². The molecule has 2 heterocycles. The molecule has 0 aromatic carbocycles. The van der Waals surface area contributed by atoms with E-state index in [1.807, 2.05) is 18.2 Å². The van der Waals surface area contributed by atoms with Gasteiger partial charge in [0.2, 0.25) is 0 Å². The van der Waals surface area contributed by atoms with Gasteiger partial charge in [-0.15, -0.1) is 0 Å². The Kier molecular flexibility index (Phi) is 2.82. The standard InChI is InChI=1S/C13H17N2OP/c1-6-7(2)11-12(10(5)16)9(4)15(17)13(11)14-8(6)3/h17H2,1-5H3. The maximum Gasteiger partial charge on any atom is 0.162 e. The fourth-order valence-electron chi connectivity index (χ4n) is 2.29. The van der Waals surface area contributed by atoms with Crippen molar-refractivity contribution in [2.75, 3.05) is 0 Å². The first-order chi connectivity index (χ1) is 7.86. The normalized spacial score (nSPS) is 11.2. The summed E-state index contributed by atoms with van der Waals surface area (Å²) in [5.41, 5.74) is 5.96. The molecule has 4 heteroatoms. The molecule has 2 aromatic rings. The van der Waals surface area contributed by atoms with Crippen molar-refractivity contribution in [3.8, 4) is 0 Å². The van der Waals surface area contributed by atoms with Gasteiger partial charge in [-0.2, -0.15) is 0 Å². The summed E-state index contributed by atoms with van der Waals surface area (Å²) in [7, 11) is 2.63. The maximum absolute atomic E-state index is 11.8. The summed E-state index contributed by atoms with van der Waals surface area (Å²) in [6, 6.07) is 0. The van der Waals surface area contributed by atoms with E-state index in [-0.39, 0.29) is 5.78 Å².